The lowest BCUT2D eigenvalue weighted by Gasteiger charge is -2.60. The van der Waals surface area contributed by atoms with Crippen LogP contribution in [-0.4, -0.2) is 23.0 Å². The fourth-order valence-electron chi connectivity index (χ4n) is 6.21. The van der Waals surface area contributed by atoms with Crippen molar-refractivity contribution in [2.75, 3.05) is 6.61 Å². The first-order chi connectivity index (χ1) is 13.6. The molecule has 0 saturated heterocycles. The van der Waals surface area contributed by atoms with Crippen molar-refractivity contribution in [2.45, 2.75) is 50.6 Å². The van der Waals surface area contributed by atoms with E-state index in [1.807, 2.05) is 17.0 Å². The van der Waals surface area contributed by atoms with Gasteiger partial charge in [0.25, 0.3) is 5.91 Å². The Morgan fingerprint density at radius 2 is 1.86 bits per heavy atom. The summed E-state index contributed by atoms with van der Waals surface area (Å²) in [5.74, 6) is 3.08. The second kappa shape index (κ2) is 6.83. The number of carbonyl (C=O) groups excluding carboxylic acids is 1. The minimum absolute atomic E-state index is 0.0674. The fraction of sp³-hybridized carbons (Fsp3) is 0.545. The zero-order chi connectivity index (χ0) is 19.1. The van der Waals surface area contributed by atoms with Gasteiger partial charge in [-0.05, 0) is 74.5 Å². The topological polar surface area (TPSA) is 69.6 Å². The Morgan fingerprint density at radius 3 is 2.46 bits per heavy atom. The molecule has 0 aliphatic heterocycles. The third kappa shape index (κ3) is 3.15. The fourth-order valence-corrected chi connectivity index (χ4v) is 6.21. The lowest BCUT2D eigenvalue weighted by atomic mass is 9.52. The molecule has 6 rings (SSSR count). The molecule has 148 valence electrons. The summed E-state index contributed by atoms with van der Waals surface area (Å²) in [7, 11) is 0. The van der Waals surface area contributed by atoms with E-state index in [2.05, 4.69) is 0 Å². The molecule has 0 aromatic carbocycles. The number of hydrogen-bond acceptors (Lipinski definition) is 4. The molecule has 6 heteroatoms. The molecule has 0 N–H and O–H groups in total. The number of amides is 1. The second-order valence-corrected chi connectivity index (χ2v) is 8.85. The Morgan fingerprint density at radius 1 is 1.14 bits per heavy atom. The third-order valence-corrected chi connectivity index (χ3v) is 6.91. The maximum absolute atomic E-state index is 13.3. The summed E-state index contributed by atoms with van der Waals surface area (Å²) < 4.78 is 11.8. The molecule has 4 aliphatic rings. The Balaban J connectivity index is 1.38. The number of aromatic nitrogens is 1. The number of hydrogen-bond donors (Lipinski definition) is 0. The van der Waals surface area contributed by atoms with E-state index < -0.39 is 0 Å². The molecule has 1 amide bonds. The van der Waals surface area contributed by atoms with Crippen LogP contribution in [-0.2, 0) is 11.3 Å². The van der Waals surface area contributed by atoms with E-state index in [0.717, 1.165) is 42.8 Å². The van der Waals surface area contributed by atoms with Gasteiger partial charge in [-0.15, -0.1) is 4.73 Å². The zero-order valence-corrected chi connectivity index (χ0v) is 16.0. The van der Waals surface area contributed by atoms with Crippen molar-refractivity contribution in [1.82, 2.24) is 4.90 Å². The van der Waals surface area contributed by atoms with Gasteiger partial charge in [0.05, 0.1) is 18.9 Å². The molecular formula is C22H26N2O4. The summed E-state index contributed by atoms with van der Waals surface area (Å²) in [5, 5.41) is 11.8. The zero-order valence-electron chi connectivity index (χ0n) is 16.0. The van der Waals surface area contributed by atoms with E-state index in [0.29, 0.717) is 11.3 Å². The van der Waals surface area contributed by atoms with Gasteiger partial charge in [-0.25, -0.2) is 0 Å². The molecule has 0 unspecified atom stereocenters. The number of furan rings is 1. The van der Waals surface area contributed by atoms with Crippen LogP contribution in [0, 0.1) is 23.0 Å². The van der Waals surface area contributed by atoms with Crippen LogP contribution < -0.4 is 9.47 Å². The average Bonchev–Trinajstić information content (AvgIpc) is 3.17. The number of rotatable bonds is 6. The Bertz CT molecular complexity index is 813. The Hall–Kier alpha value is -2.50. The smallest absolute Gasteiger partial charge is 0.379 e. The molecule has 2 aromatic rings. The van der Waals surface area contributed by atoms with Gasteiger partial charge < -0.3 is 19.3 Å². The van der Waals surface area contributed by atoms with Crippen molar-refractivity contribution >= 4 is 5.91 Å². The summed E-state index contributed by atoms with van der Waals surface area (Å²) in [6.45, 7) is 0.336. The molecule has 28 heavy (non-hydrogen) atoms. The van der Waals surface area contributed by atoms with Gasteiger partial charge in [0.1, 0.15) is 5.76 Å². The molecule has 4 bridgehead atoms. The van der Waals surface area contributed by atoms with Gasteiger partial charge in [0.15, 0.2) is 12.8 Å². The highest BCUT2D eigenvalue weighted by molar-refractivity contribution is 5.78. The summed E-state index contributed by atoms with van der Waals surface area (Å²) in [6, 6.07) is 8.74. The summed E-state index contributed by atoms with van der Waals surface area (Å²) in [5.41, 5.74) is -0.0912. The van der Waals surface area contributed by atoms with E-state index in [1.165, 1.54) is 25.5 Å². The van der Waals surface area contributed by atoms with Crippen LogP contribution in [0.2, 0.25) is 0 Å². The van der Waals surface area contributed by atoms with Crippen LogP contribution in [0.25, 0.3) is 0 Å². The largest absolute Gasteiger partial charge is 0.616 e. The van der Waals surface area contributed by atoms with E-state index in [4.69, 9.17) is 9.15 Å². The first kappa shape index (κ1) is 17.6. The predicted octanol–water partition coefficient (Wildman–Crippen LogP) is 3.29. The standard InChI is InChI=1S/C22H26N2O4/c25-20(15-28-21-5-1-2-6-24(21)26)23(14-19-4-3-7-27-19)22-11-16-8-17(12-22)10-18(9-16)13-22/h1-7,16-18H,8-15H2. The SMILES string of the molecule is O=C(COc1cccc[n+]1[O-])N(Cc1ccco1)C12CC3CC(CC(C3)C1)C2. The maximum Gasteiger partial charge on any atom is 0.379 e. The van der Waals surface area contributed by atoms with Crippen LogP contribution >= 0.6 is 0 Å². The van der Waals surface area contributed by atoms with Crippen molar-refractivity contribution < 1.29 is 18.7 Å². The summed E-state index contributed by atoms with van der Waals surface area (Å²) >= 11 is 0. The highest BCUT2D eigenvalue weighted by atomic mass is 16.6. The lowest BCUT2D eigenvalue weighted by molar-refractivity contribution is -0.612. The van der Waals surface area contributed by atoms with E-state index in [9.17, 15) is 10.0 Å². The molecule has 4 fully saturated rings. The number of nitrogens with zero attached hydrogens (tertiary/aromatic N) is 2. The quantitative estimate of drug-likeness (QED) is 0.568. The highest BCUT2D eigenvalue weighted by Crippen LogP contribution is 2.58. The summed E-state index contributed by atoms with van der Waals surface area (Å²) in [4.78, 5) is 15.3. The lowest BCUT2D eigenvalue weighted by Crippen LogP contribution is -2.61. The van der Waals surface area contributed by atoms with E-state index in [-0.39, 0.29) is 23.9 Å². The first-order valence-electron chi connectivity index (χ1n) is 10.3. The number of carbonyl (C=O) groups is 1. The Labute approximate surface area is 164 Å². The molecule has 2 heterocycles. The van der Waals surface area contributed by atoms with Gasteiger partial charge in [-0.3, -0.25) is 4.79 Å². The molecule has 0 radical (unpaired) electrons. The minimum atomic E-state index is -0.130. The highest BCUT2D eigenvalue weighted by Gasteiger charge is 2.54. The van der Waals surface area contributed by atoms with Crippen molar-refractivity contribution in [3.8, 4) is 5.88 Å². The normalized spacial score (nSPS) is 30.4. The van der Waals surface area contributed by atoms with Crippen LogP contribution in [0.5, 0.6) is 5.88 Å². The molecule has 0 atom stereocenters. The van der Waals surface area contributed by atoms with Crippen LogP contribution in [0.15, 0.2) is 47.2 Å². The predicted molar refractivity (Wildman–Crippen MR) is 101 cm³/mol. The van der Waals surface area contributed by atoms with Crippen molar-refractivity contribution in [1.29, 1.82) is 0 Å². The third-order valence-electron chi connectivity index (χ3n) is 6.91. The second-order valence-electron chi connectivity index (χ2n) is 8.85. The van der Waals surface area contributed by atoms with E-state index in [1.54, 1.807) is 24.5 Å². The Kier molecular flexibility index (Phi) is 4.29. The minimum Gasteiger partial charge on any atom is -0.616 e. The van der Waals surface area contributed by atoms with Gasteiger partial charge in [-0.1, -0.05) is 0 Å². The van der Waals surface area contributed by atoms with Crippen molar-refractivity contribution in [3.05, 3.63) is 53.8 Å². The molecule has 4 aliphatic carbocycles. The van der Waals surface area contributed by atoms with Gasteiger partial charge >= 0.3 is 5.88 Å². The number of pyridine rings is 1. The molecule has 0 spiro atoms. The van der Waals surface area contributed by atoms with Gasteiger partial charge in [0, 0.05) is 11.6 Å². The molecule has 6 nitrogen and oxygen atoms in total. The van der Waals surface area contributed by atoms with Crippen molar-refractivity contribution in [2.24, 2.45) is 17.8 Å². The monoisotopic (exact) mass is 382 g/mol. The van der Waals surface area contributed by atoms with E-state index >= 15 is 0 Å². The van der Waals surface area contributed by atoms with Crippen LogP contribution in [0.4, 0.5) is 0 Å². The first-order valence-corrected chi connectivity index (χ1v) is 10.3. The van der Waals surface area contributed by atoms with Gasteiger partial charge in [0.2, 0.25) is 0 Å². The van der Waals surface area contributed by atoms with Crippen LogP contribution in [0.1, 0.15) is 44.3 Å². The molecular weight excluding hydrogens is 356 g/mol. The summed E-state index contributed by atoms with van der Waals surface area (Å²) in [6.07, 6.45) is 10.2. The van der Waals surface area contributed by atoms with Crippen molar-refractivity contribution in [3.63, 3.8) is 0 Å². The van der Waals surface area contributed by atoms with Gasteiger partial charge in [-0.2, -0.15) is 0 Å². The molecule has 4 saturated carbocycles. The molecule has 2 aromatic heterocycles. The number of ether oxygens (including phenoxy) is 1. The van der Waals surface area contributed by atoms with Crippen LogP contribution in [0.3, 0.4) is 0 Å². The average molecular weight is 382 g/mol. The maximum atomic E-state index is 13.3.